The Morgan fingerprint density at radius 1 is 1.14 bits per heavy atom. The summed E-state index contributed by atoms with van der Waals surface area (Å²) in [6, 6.07) is 10.4. The molecular formula is C16H19N6+. The van der Waals surface area contributed by atoms with Crippen LogP contribution in [0.2, 0.25) is 0 Å². The van der Waals surface area contributed by atoms with E-state index in [2.05, 4.69) is 50.5 Å². The van der Waals surface area contributed by atoms with Gasteiger partial charge in [0.25, 0.3) is 0 Å². The van der Waals surface area contributed by atoms with Gasteiger partial charge in [-0.2, -0.15) is 0 Å². The van der Waals surface area contributed by atoms with Crippen LogP contribution in [0.15, 0.2) is 30.3 Å². The lowest BCUT2D eigenvalue weighted by molar-refractivity contribution is -0.588. The molecule has 0 N–H and O–H groups in total. The lowest BCUT2D eigenvalue weighted by atomic mass is 10.1. The smallest absolute Gasteiger partial charge is 0.378 e. The van der Waals surface area contributed by atoms with Crippen molar-refractivity contribution in [3.8, 4) is 0 Å². The van der Waals surface area contributed by atoms with Gasteiger partial charge in [0.2, 0.25) is 0 Å². The van der Waals surface area contributed by atoms with Crippen LogP contribution >= 0.6 is 0 Å². The molecule has 1 aromatic carbocycles. The van der Waals surface area contributed by atoms with E-state index in [4.69, 9.17) is 0 Å². The summed E-state index contributed by atoms with van der Waals surface area (Å²) in [5.74, 6) is 0.602. The van der Waals surface area contributed by atoms with Crippen molar-refractivity contribution in [2.24, 2.45) is 7.05 Å². The minimum atomic E-state index is 0.602. The van der Waals surface area contributed by atoms with Crippen molar-refractivity contribution in [1.29, 1.82) is 0 Å². The second-order valence-corrected chi connectivity index (χ2v) is 5.43. The van der Waals surface area contributed by atoms with Crippen LogP contribution < -0.4 is 9.42 Å². The number of fused-ring (bicyclic) bond motifs is 1. The molecule has 0 aliphatic carbocycles. The number of tetrazole rings is 1. The number of rotatable bonds is 3. The number of benzene rings is 1. The van der Waals surface area contributed by atoms with Crippen molar-refractivity contribution in [2.45, 2.75) is 6.92 Å². The Morgan fingerprint density at radius 3 is 2.55 bits per heavy atom. The first-order valence-electron chi connectivity index (χ1n) is 7.09. The Kier molecular flexibility index (Phi) is 3.58. The molecule has 0 aliphatic heterocycles. The molecule has 0 bridgehead atoms. The number of nitrogens with zero attached hydrogens (tertiary/aromatic N) is 6. The van der Waals surface area contributed by atoms with Gasteiger partial charge in [0, 0.05) is 31.1 Å². The molecule has 112 valence electrons. The second kappa shape index (κ2) is 5.55. The molecular weight excluding hydrogens is 276 g/mol. The molecule has 0 spiro atoms. The molecule has 6 heteroatoms. The largest absolute Gasteiger partial charge is 0.440 e. The fourth-order valence-electron chi connectivity index (χ4n) is 2.25. The Balaban J connectivity index is 1.95. The number of anilines is 1. The lowest BCUT2D eigenvalue weighted by Crippen LogP contribution is -2.29. The molecule has 0 radical (unpaired) electrons. The molecule has 3 aromatic rings. The zero-order valence-corrected chi connectivity index (χ0v) is 13.2. The molecule has 6 nitrogen and oxygen atoms in total. The average Bonchev–Trinajstić information content (AvgIpc) is 2.85. The van der Waals surface area contributed by atoms with Gasteiger partial charge in [-0.25, -0.2) is 0 Å². The third-order valence-corrected chi connectivity index (χ3v) is 3.38. The minimum absolute atomic E-state index is 0.602. The average molecular weight is 295 g/mol. The van der Waals surface area contributed by atoms with Crippen LogP contribution in [0, 0.1) is 6.92 Å². The summed E-state index contributed by atoms with van der Waals surface area (Å²) >= 11 is 0. The third-order valence-electron chi connectivity index (χ3n) is 3.38. The summed E-state index contributed by atoms with van der Waals surface area (Å²) in [5, 5.41) is 8.54. The Bertz CT molecular complexity index is 830. The zero-order chi connectivity index (χ0) is 15.7. The first-order valence-corrected chi connectivity index (χ1v) is 7.09. The van der Waals surface area contributed by atoms with E-state index in [-0.39, 0.29) is 0 Å². The first-order chi connectivity index (χ1) is 10.5. The summed E-state index contributed by atoms with van der Waals surface area (Å²) in [4.78, 5) is 7.97. The van der Waals surface area contributed by atoms with E-state index in [0.717, 1.165) is 17.0 Å². The standard InChI is InChI=1S/C16H19N6/c1-12-11-15(22-16(17-12)18-21(4)19-22)10-7-13-5-8-14(9-6-13)20(2)3/h5-11H,1-4H3/q+1/b10-7+. The van der Waals surface area contributed by atoms with Crippen LogP contribution in [0.3, 0.4) is 0 Å². The van der Waals surface area contributed by atoms with Crippen molar-refractivity contribution in [1.82, 2.24) is 20.1 Å². The zero-order valence-electron chi connectivity index (χ0n) is 13.2. The molecule has 22 heavy (non-hydrogen) atoms. The fourth-order valence-corrected chi connectivity index (χ4v) is 2.25. The van der Waals surface area contributed by atoms with Crippen molar-refractivity contribution in [3.63, 3.8) is 0 Å². The monoisotopic (exact) mass is 295 g/mol. The first kappa shape index (κ1) is 14.2. The molecule has 0 unspecified atom stereocenters. The van der Waals surface area contributed by atoms with Crippen LogP contribution in [0.25, 0.3) is 17.9 Å². The number of aromatic nitrogens is 5. The van der Waals surface area contributed by atoms with Crippen molar-refractivity contribution in [2.75, 3.05) is 19.0 Å². The number of aryl methyl sites for hydroxylation is 2. The van der Waals surface area contributed by atoms with Gasteiger partial charge in [-0.05, 0) is 30.7 Å². The van der Waals surface area contributed by atoms with Gasteiger partial charge >= 0.3 is 5.78 Å². The quantitative estimate of drug-likeness (QED) is 0.687. The summed E-state index contributed by atoms with van der Waals surface area (Å²) in [5.41, 5.74) is 4.19. The maximum Gasteiger partial charge on any atom is 0.440 e. The highest BCUT2D eigenvalue weighted by molar-refractivity contribution is 5.68. The summed E-state index contributed by atoms with van der Waals surface area (Å²) in [6.07, 6.45) is 4.09. The van der Waals surface area contributed by atoms with Crippen LogP contribution in [-0.4, -0.2) is 34.2 Å². The van der Waals surface area contributed by atoms with E-state index in [1.165, 1.54) is 10.5 Å². The predicted octanol–water partition coefficient (Wildman–Crippen LogP) is 1.49. The number of hydrogen-bond acceptors (Lipinski definition) is 4. The van der Waals surface area contributed by atoms with E-state index >= 15 is 0 Å². The molecule has 2 heterocycles. The molecule has 0 atom stereocenters. The van der Waals surface area contributed by atoms with E-state index in [1.54, 1.807) is 11.6 Å². The Labute approximate surface area is 129 Å². The van der Waals surface area contributed by atoms with Crippen molar-refractivity contribution in [3.05, 3.63) is 47.3 Å². The van der Waals surface area contributed by atoms with Gasteiger partial charge in [0.1, 0.15) is 18.4 Å². The third kappa shape index (κ3) is 2.81. The highest BCUT2D eigenvalue weighted by Crippen LogP contribution is 2.14. The topological polar surface area (TPSA) is 50.9 Å². The van der Waals surface area contributed by atoms with Gasteiger partial charge < -0.3 is 4.90 Å². The summed E-state index contributed by atoms with van der Waals surface area (Å²) in [7, 11) is 5.86. The van der Waals surface area contributed by atoms with Crippen LogP contribution in [-0.2, 0) is 7.05 Å². The van der Waals surface area contributed by atoms with Gasteiger partial charge in [-0.3, -0.25) is 0 Å². The molecule has 0 saturated heterocycles. The van der Waals surface area contributed by atoms with Crippen molar-refractivity contribution < 1.29 is 4.52 Å². The van der Waals surface area contributed by atoms with E-state index in [9.17, 15) is 0 Å². The van der Waals surface area contributed by atoms with Crippen LogP contribution in [0.5, 0.6) is 0 Å². The van der Waals surface area contributed by atoms with Crippen molar-refractivity contribution >= 4 is 23.6 Å². The lowest BCUT2D eigenvalue weighted by Gasteiger charge is -2.11. The Hall–Kier alpha value is -2.76. The van der Waals surface area contributed by atoms with E-state index in [1.807, 2.05) is 33.2 Å². The molecule has 0 saturated carbocycles. The highest BCUT2D eigenvalue weighted by atomic mass is 15.6. The van der Waals surface area contributed by atoms with Crippen LogP contribution in [0.1, 0.15) is 17.0 Å². The normalized spacial score (nSPS) is 11.5. The molecule has 0 fully saturated rings. The van der Waals surface area contributed by atoms with E-state index in [0.29, 0.717) is 5.78 Å². The predicted molar refractivity (Wildman–Crippen MR) is 86.4 cm³/mol. The van der Waals surface area contributed by atoms with Gasteiger partial charge in [-0.1, -0.05) is 27.5 Å². The van der Waals surface area contributed by atoms with Gasteiger partial charge in [-0.15, -0.1) is 4.98 Å². The highest BCUT2D eigenvalue weighted by Gasteiger charge is 2.13. The molecule has 3 rings (SSSR count). The molecule has 0 aliphatic rings. The van der Waals surface area contributed by atoms with Crippen LogP contribution in [0.4, 0.5) is 5.69 Å². The second-order valence-electron chi connectivity index (χ2n) is 5.43. The number of hydrogen-bond donors (Lipinski definition) is 0. The summed E-state index contributed by atoms with van der Waals surface area (Å²) in [6.45, 7) is 1.96. The van der Waals surface area contributed by atoms with Gasteiger partial charge in [0.15, 0.2) is 0 Å². The maximum atomic E-state index is 4.37. The molecule has 0 amide bonds. The fraction of sp³-hybridized carbons (Fsp3) is 0.250. The van der Waals surface area contributed by atoms with Gasteiger partial charge in [0.05, 0.1) is 5.10 Å². The summed E-state index contributed by atoms with van der Waals surface area (Å²) < 4.78 is 1.73. The van der Waals surface area contributed by atoms with E-state index < -0.39 is 0 Å². The SMILES string of the molecule is Cc1cc(/C=C/c2ccc(N(C)C)cc2)[n+]2nn(C)nc2n1. The minimum Gasteiger partial charge on any atom is -0.378 e. The maximum absolute atomic E-state index is 4.37. The molecule has 2 aromatic heterocycles. The Morgan fingerprint density at radius 2 is 1.86 bits per heavy atom.